The first kappa shape index (κ1) is 9.78. The lowest BCUT2D eigenvalue weighted by Crippen LogP contribution is -1.88. The fourth-order valence-electron chi connectivity index (χ4n) is 1.05. The summed E-state index contributed by atoms with van der Waals surface area (Å²) in [5.74, 6) is 0. The SMILES string of the molecule is C=C(C)CCc1ccccc1I. The van der Waals surface area contributed by atoms with Crippen molar-refractivity contribution in [3.63, 3.8) is 0 Å². The summed E-state index contributed by atoms with van der Waals surface area (Å²) in [7, 11) is 0. The Morgan fingerprint density at radius 2 is 2.08 bits per heavy atom. The number of aryl methyl sites for hydroxylation is 1. The van der Waals surface area contributed by atoms with Crippen LogP contribution in [0.1, 0.15) is 18.9 Å². The van der Waals surface area contributed by atoms with Crippen molar-refractivity contribution >= 4 is 22.6 Å². The van der Waals surface area contributed by atoms with Gasteiger partial charge in [0.15, 0.2) is 0 Å². The fourth-order valence-corrected chi connectivity index (χ4v) is 1.71. The van der Waals surface area contributed by atoms with E-state index < -0.39 is 0 Å². The standard InChI is InChI=1S/C11H13I/c1-9(2)7-8-10-5-3-4-6-11(10)12/h3-6H,1,7-8H2,2H3. The van der Waals surface area contributed by atoms with Crippen LogP contribution in [0.15, 0.2) is 36.4 Å². The van der Waals surface area contributed by atoms with Gasteiger partial charge in [-0.05, 0) is 54.0 Å². The van der Waals surface area contributed by atoms with E-state index in [1.54, 1.807) is 0 Å². The largest absolute Gasteiger partial charge is 0.100 e. The molecule has 1 heteroatoms. The second kappa shape index (κ2) is 4.65. The average Bonchev–Trinajstić information content (AvgIpc) is 2.03. The van der Waals surface area contributed by atoms with Crippen LogP contribution in [-0.2, 0) is 6.42 Å². The van der Waals surface area contributed by atoms with Crippen molar-refractivity contribution in [2.24, 2.45) is 0 Å². The molecule has 0 aliphatic heterocycles. The quantitative estimate of drug-likeness (QED) is 0.580. The molecule has 0 spiro atoms. The molecule has 0 aliphatic carbocycles. The van der Waals surface area contributed by atoms with E-state index in [0.717, 1.165) is 12.8 Å². The molecular formula is C11H13I. The van der Waals surface area contributed by atoms with Crippen molar-refractivity contribution < 1.29 is 0 Å². The molecule has 0 atom stereocenters. The maximum atomic E-state index is 3.90. The zero-order chi connectivity index (χ0) is 8.97. The molecule has 0 bridgehead atoms. The summed E-state index contributed by atoms with van der Waals surface area (Å²) in [5, 5.41) is 0. The first-order chi connectivity index (χ1) is 5.70. The van der Waals surface area contributed by atoms with Gasteiger partial charge in [0.1, 0.15) is 0 Å². The van der Waals surface area contributed by atoms with Crippen molar-refractivity contribution in [2.45, 2.75) is 19.8 Å². The highest BCUT2D eigenvalue weighted by Gasteiger charge is 1.97. The molecule has 0 aromatic heterocycles. The smallest absolute Gasteiger partial charge is 0.0162 e. The van der Waals surface area contributed by atoms with Gasteiger partial charge in [0.2, 0.25) is 0 Å². The summed E-state index contributed by atoms with van der Waals surface area (Å²) in [5.41, 5.74) is 2.69. The van der Waals surface area contributed by atoms with Gasteiger partial charge in [0.05, 0.1) is 0 Å². The zero-order valence-electron chi connectivity index (χ0n) is 7.31. The Balaban J connectivity index is 2.63. The Kier molecular flexibility index (Phi) is 3.79. The van der Waals surface area contributed by atoms with Gasteiger partial charge in [0.25, 0.3) is 0 Å². The summed E-state index contributed by atoms with van der Waals surface area (Å²) in [6, 6.07) is 8.50. The van der Waals surface area contributed by atoms with Gasteiger partial charge < -0.3 is 0 Å². The average molecular weight is 272 g/mol. The number of rotatable bonds is 3. The summed E-state index contributed by atoms with van der Waals surface area (Å²) in [6.07, 6.45) is 2.22. The highest BCUT2D eigenvalue weighted by molar-refractivity contribution is 14.1. The zero-order valence-corrected chi connectivity index (χ0v) is 9.47. The lowest BCUT2D eigenvalue weighted by atomic mass is 10.1. The third kappa shape index (κ3) is 2.97. The molecule has 0 amide bonds. The maximum Gasteiger partial charge on any atom is 0.0162 e. The van der Waals surface area contributed by atoms with Crippen LogP contribution in [0.3, 0.4) is 0 Å². The van der Waals surface area contributed by atoms with Gasteiger partial charge >= 0.3 is 0 Å². The van der Waals surface area contributed by atoms with Crippen molar-refractivity contribution in [3.8, 4) is 0 Å². The molecule has 0 heterocycles. The van der Waals surface area contributed by atoms with Gasteiger partial charge in [-0.15, -0.1) is 6.58 Å². The Morgan fingerprint density at radius 3 is 2.67 bits per heavy atom. The molecule has 0 fully saturated rings. The van der Waals surface area contributed by atoms with Crippen LogP contribution in [-0.4, -0.2) is 0 Å². The molecule has 64 valence electrons. The minimum absolute atomic E-state index is 1.10. The topological polar surface area (TPSA) is 0 Å². The van der Waals surface area contributed by atoms with E-state index in [-0.39, 0.29) is 0 Å². The molecule has 0 radical (unpaired) electrons. The van der Waals surface area contributed by atoms with Crippen LogP contribution in [0, 0.1) is 3.57 Å². The van der Waals surface area contributed by atoms with Crippen molar-refractivity contribution in [2.75, 3.05) is 0 Å². The van der Waals surface area contributed by atoms with E-state index in [2.05, 4.69) is 60.4 Å². The number of allylic oxidation sites excluding steroid dienone is 1. The van der Waals surface area contributed by atoms with E-state index in [9.17, 15) is 0 Å². The highest BCUT2D eigenvalue weighted by Crippen LogP contribution is 2.14. The molecule has 1 aromatic carbocycles. The summed E-state index contributed by atoms with van der Waals surface area (Å²) < 4.78 is 1.36. The Hall–Kier alpha value is -0.310. The number of hydrogen-bond donors (Lipinski definition) is 0. The van der Waals surface area contributed by atoms with Crippen molar-refractivity contribution in [1.82, 2.24) is 0 Å². The molecule has 12 heavy (non-hydrogen) atoms. The molecule has 1 rings (SSSR count). The Bertz CT molecular complexity index is 276. The van der Waals surface area contributed by atoms with Crippen LogP contribution >= 0.6 is 22.6 Å². The summed E-state index contributed by atoms with van der Waals surface area (Å²) in [6.45, 7) is 5.98. The maximum absolute atomic E-state index is 3.90. The van der Waals surface area contributed by atoms with Gasteiger partial charge in [-0.2, -0.15) is 0 Å². The van der Waals surface area contributed by atoms with Gasteiger partial charge in [-0.1, -0.05) is 23.8 Å². The molecule has 1 aromatic rings. The van der Waals surface area contributed by atoms with Crippen LogP contribution in [0.4, 0.5) is 0 Å². The highest BCUT2D eigenvalue weighted by atomic mass is 127. The second-order valence-corrected chi connectivity index (χ2v) is 4.21. The van der Waals surface area contributed by atoms with Crippen LogP contribution in [0.5, 0.6) is 0 Å². The van der Waals surface area contributed by atoms with Crippen molar-refractivity contribution in [1.29, 1.82) is 0 Å². The van der Waals surface area contributed by atoms with Crippen LogP contribution < -0.4 is 0 Å². The molecular weight excluding hydrogens is 259 g/mol. The molecule has 0 saturated heterocycles. The monoisotopic (exact) mass is 272 g/mol. The normalized spacial score (nSPS) is 9.83. The summed E-state index contributed by atoms with van der Waals surface area (Å²) >= 11 is 2.38. The number of hydrogen-bond acceptors (Lipinski definition) is 0. The fraction of sp³-hybridized carbons (Fsp3) is 0.273. The molecule has 0 nitrogen and oxygen atoms in total. The predicted octanol–water partition coefficient (Wildman–Crippen LogP) is 3.80. The molecule has 0 N–H and O–H groups in total. The first-order valence-electron chi connectivity index (χ1n) is 4.08. The second-order valence-electron chi connectivity index (χ2n) is 3.05. The van der Waals surface area contributed by atoms with Gasteiger partial charge in [-0.25, -0.2) is 0 Å². The minimum Gasteiger partial charge on any atom is -0.100 e. The summed E-state index contributed by atoms with van der Waals surface area (Å²) in [4.78, 5) is 0. The van der Waals surface area contributed by atoms with Crippen molar-refractivity contribution in [3.05, 3.63) is 45.6 Å². The van der Waals surface area contributed by atoms with E-state index >= 15 is 0 Å². The molecule has 0 saturated carbocycles. The lowest BCUT2D eigenvalue weighted by molar-refractivity contribution is 0.940. The van der Waals surface area contributed by atoms with Crippen LogP contribution in [0.2, 0.25) is 0 Å². The van der Waals surface area contributed by atoms with Gasteiger partial charge in [-0.3, -0.25) is 0 Å². The predicted molar refractivity (Wildman–Crippen MR) is 62.3 cm³/mol. The first-order valence-corrected chi connectivity index (χ1v) is 5.16. The van der Waals surface area contributed by atoms with E-state index in [4.69, 9.17) is 0 Å². The van der Waals surface area contributed by atoms with E-state index in [1.165, 1.54) is 14.7 Å². The van der Waals surface area contributed by atoms with E-state index in [0.29, 0.717) is 0 Å². The Morgan fingerprint density at radius 1 is 1.42 bits per heavy atom. The number of halogens is 1. The van der Waals surface area contributed by atoms with Crippen LogP contribution in [0.25, 0.3) is 0 Å². The Labute approximate surface area is 87.8 Å². The number of benzene rings is 1. The van der Waals surface area contributed by atoms with Gasteiger partial charge in [0, 0.05) is 3.57 Å². The third-order valence-corrected chi connectivity index (χ3v) is 2.83. The third-order valence-electron chi connectivity index (χ3n) is 1.78. The molecule has 0 aliphatic rings. The minimum atomic E-state index is 1.10. The lowest BCUT2D eigenvalue weighted by Gasteiger charge is -2.02. The molecule has 0 unspecified atom stereocenters. The van der Waals surface area contributed by atoms with E-state index in [1.807, 2.05) is 0 Å².